The fourth-order valence-corrected chi connectivity index (χ4v) is 3.41. The normalized spacial score (nSPS) is 20.1. The first-order chi connectivity index (χ1) is 10.7. The highest BCUT2D eigenvalue weighted by molar-refractivity contribution is 6.74. The van der Waals surface area contributed by atoms with Crippen LogP contribution in [0.2, 0.25) is 18.1 Å². The minimum absolute atomic E-state index is 0.206. The summed E-state index contributed by atoms with van der Waals surface area (Å²) < 4.78 is 11.6. The molecular formula is C19H29NO2Si. The van der Waals surface area contributed by atoms with Gasteiger partial charge in [-0.1, -0.05) is 45.1 Å². The van der Waals surface area contributed by atoms with E-state index in [1.807, 2.05) is 18.2 Å². The number of nitriles is 1. The van der Waals surface area contributed by atoms with Crippen molar-refractivity contribution in [2.24, 2.45) is 0 Å². The Labute approximate surface area is 142 Å². The molecule has 0 amide bonds. The predicted octanol–water partition coefficient (Wildman–Crippen LogP) is 5.26. The molecule has 0 radical (unpaired) electrons. The zero-order valence-electron chi connectivity index (χ0n) is 15.2. The van der Waals surface area contributed by atoms with Gasteiger partial charge in [-0.15, -0.1) is 0 Å². The van der Waals surface area contributed by atoms with E-state index in [4.69, 9.17) is 14.4 Å². The minimum Gasteiger partial charge on any atom is -0.496 e. The molecule has 1 unspecified atom stereocenters. The van der Waals surface area contributed by atoms with E-state index in [2.05, 4.69) is 46.0 Å². The van der Waals surface area contributed by atoms with E-state index in [0.717, 1.165) is 12.8 Å². The summed E-state index contributed by atoms with van der Waals surface area (Å²) in [6.07, 6.45) is 13.7. The minimum atomic E-state index is -1.75. The van der Waals surface area contributed by atoms with Gasteiger partial charge in [-0.05, 0) is 42.6 Å². The van der Waals surface area contributed by atoms with Crippen LogP contribution in [0.25, 0.3) is 0 Å². The van der Waals surface area contributed by atoms with Gasteiger partial charge < -0.3 is 9.16 Å². The second-order valence-electron chi connectivity index (χ2n) is 7.25. The quantitative estimate of drug-likeness (QED) is 0.288. The highest BCUT2D eigenvalue weighted by Gasteiger charge is 2.39. The molecule has 1 atom stereocenters. The molecule has 1 aliphatic rings. The van der Waals surface area contributed by atoms with Gasteiger partial charge in [0.2, 0.25) is 0 Å². The summed E-state index contributed by atoms with van der Waals surface area (Å²) in [7, 11) is -0.196. The van der Waals surface area contributed by atoms with Gasteiger partial charge in [0.05, 0.1) is 25.4 Å². The Morgan fingerprint density at radius 2 is 2.04 bits per heavy atom. The summed E-state index contributed by atoms with van der Waals surface area (Å²) in [4.78, 5) is 0. The van der Waals surface area contributed by atoms with E-state index in [1.54, 1.807) is 13.2 Å². The lowest BCUT2D eigenvalue weighted by atomic mass is 10.2. The first-order valence-corrected chi connectivity index (χ1v) is 11.0. The van der Waals surface area contributed by atoms with Crippen molar-refractivity contribution in [2.75, 3.05) is 7.11 Å². The molecule has 0 aromatic rings. The molecule has 3 nitrogen and oxygen atoms in total. The van der Waals surface area contributed by atoms with Gasteiger partial charge in [0.15, 0.2) is 8.32 Å². The molecule has 0 bridgehead atoms. The van der Waals surface area contributed by atoms with Crippen molar-refractivity contribution in [2.45, 2.75) is 57.8 Å². The average Bonchev–Trinajstić information content (AvgIpc) is 2.87. The fourth-order valence-electron chi connectivity index (χ4n) is 2.09. The molecule has 126 valence electrons. The van der Waals surface area contributed by atoms with Crippen molar-refractivity contribution in [3.05, 3.63) is 47.8 Å². The molecule has 0 fully saturated rings. The lowest BCUT2D eigenvalue weighted by Gasteiger charge is -2.38. The van der Waals surface area contributed by atoms with Crippen LogP contribution >= 0.6 is 0 Å². The third kappa shape index (κ3) is 5.85. The first-order valence-electron chi connectivity index (χ1n) is 8.07. The first kappa shape index (κ1) is 19.5. The molecule has 4 heteroatoms. The lowest BCUT2D eigenvalue weighted by Crippen LogP contribution is -2.43. The Bertz CT molecular complexity index is 557. The van der Waals surface area contributed by atoms with E-state index >= 15 is 0 Å². The summed E-state index contributed by atoms with van der Waals surface area (Å²) in [6, 6.07) is 1.96. The van der Waals surface area contributed by atoms with Gasteiger partial charge >= 0.3 is 0 Å². The number of methoxy groups -OCH3 is 1. The topological polar surface area (TPSA) is 42.2 Å². The highest BCUT2D eigenvalue weighted by atomic mass is 28.4. The highest BCUT2D eigenvalue weighted by Crippen LogP contribution is 2.39. The molecular weight excluding hydrogens is 302 g/mol. The van der Waals surface area contributed by atoms with Crippen molar-refractivity contribution >= 4 is 8.32 Å². The smallest absolute Gasteiger partial charge is 0.192 e. The van der Waals surface area contributed by atoms with Crippen molar-refractivity contribution in [1.29, 1.82) is 5.26 Å². The largest absolute Gasteiger partial charge is 0.496 e. The van der Waals surface area contributed by atoms with Crippen LogP contribution in [0, 0.1) is 11.3 Å². The second-order valence-corrected chi connectivity index (χ2v) is 12.0. The summed E-state index contributed by atoms with van der Waals surface area (Å²) in [5.41, 5.74) is 1.25. The van der Waals surface area contributed by atoms with E-state index in [1.165, 1.54) is 11.6 Å². The van der Waals surface area contributed by atoms with Gasteiger partial charge in [0.25, 0.3) is 0 Å². The van der Waals surface area contributed by atoms with Crippen LogP contribution in [0.4, 0.5) is 0 Å². The standard InChI is InChI=1S/C19H29NO2Si/c1-19(2,3)23(5,6)22-18-13-9-11-16(18)10-7-8-12-17(21-4)14-15-20/h7-8,10-12,14,18H,9,13H2,1-6H3/b10-7+,12-8+,17-14+. The second kappa shape index (κ2) is 8.33. The van der Waals surface area contributed by atoms with E-state index < -0.39 is 8.32 Å². The van der Waals surface area contributed by atoms with Crippen LogP contribution in [-0.4, -0.2) is 21.5 Å². The number of hydrogen-bond acceptors (Lipinski definition) is 3. The molecule has 0 N–H and O–H groups in total. The maximum absolute atomic E-state index is 8.63. The Kier molecular flexibility index (Phi) is 7.05. The van der Waals surface area contributed by atoms with Gasteiger partial charge in [-0.3, -0.25) is 0 Å². The van der Waals surface area contributed by atoms with E-state index in [-0.39, 0.29) is 11.1 Å². The molecule has 0 spiro atoms. The van der Waals surface area contributed by atoms with Crippen molar-refractivity contribution in [1.82, 2.24) is 0 Å². The summed E-state index contributed by atoms with van der Waals surface area (Å²) in [6.45, 7) is 11.4. The summed E-state index contributed by atoms with van der Waals surface area (Å²) in [5.74, 6) is 0.548. The third-order valence-electron chi connectivity index (χ3n) is 4.53. The number of ether oxygens (including phenoxy) is 1. The van der Waals surface area contributed by atoms with Gasteiger partial charge in [-0.2, -0.15) is 5.26 Å². The molecule has 0 saturated heterocycles. The molecule has 0 saturated carbocycles. The van der Waals surface area contributed by atoms with Crippen molar-refractivity contribution in [3.63, 3.8) is 0 Å². The van der Waals surface area contributed by atoms with Crippen molar-refractivity contribution < 1.29 is 9.16 Å². The molecule has 23 heavy (non-hydrogen) atoms. The van der Waals surface area contributed by atoms with Crippen LogP contribution < -0.4 is 0 Å². The average molecular weight is 332 g/mol. The lowest BCUT2D eigenvalue weighted by molar-refractivity contribution is 0.217. The van der Waals surface area contributed by atoms with Crippen LogP contribution in [-0.2, 0) is 9.16 Å². The predicted molar refractivity (Wildman–Crippen MR) is 98.4 cm³/mol. The Morgan fingerprint density at radius 3 is 2.61 bits per heavy atom. The molecule has 1 aliphatic carbocycles. The molecule has 0 aromatic carbocycles. The van der Waals surface area contributed by atoms with E-state index in [0.29, 0.717) is 5.76 Å². The Balaban J connectivity index is 2.71. The number of allylic oxidation sites excluding steroid dienone is 5. The summed E-state index contributed by atoms with van der Waals surface area (Å²) >= 11 is 0. The maximum atomic E-state index is 8.63. The zero-order valence-corrected chi connectivity index (χ0v) is 16.2. The van der Waals surface area contributed by atoms with Crippen LogP contribution in [0.5, 0.6) is 0 Å². The van der Waals surface area contributed by atoms with E-state index in [9.17, 15) is 0 Å². The van der Waals surface area contributed by atoms with Crippen molar-refractivity contribution in [3.8, 4) is 6.07 Å². The SMILES string of the molecule is COC(/C=C/C=C/C1=CCCC1O[Si](C)(C)C(C)(C)C)=C/C#N. The molecule has 0 aliphatic heterocycles. The molecule has 1 rings (SSSR count). The van der Waals surface area contributed by atoms with Crippen LogP contribution in [0.3, 0.4) is 0 Å². The fraction of sp³-hybridized carbons (Fsp3) is 0.526. The number of nitrogens with zero attached hydrogens (tertiary/aromatic N) is 1. The Hall–Kier alpha value is -1.57. The van der Waals surface area contributed by atoms with Crippen LogP contribution in [0.15, 0.2) is 47.8 Å². The van der Waals surface area contributed by atoms with Crippen LogP contribution in [0.1, 0.15) is 33.6 Å². The van der Waals surface area contributed by atoms with Gasteiger partial charge in [-0.25, -0.2) is 0 Å². The molecule has 0 aromatic heterocycles. The number of rotatable bonds is 6. The molecule has 0 heterocycles. The summed E-state index contributed by atoms with van der Waals surface area (Å²) in [5, 5.41) is 8.85. The monoisotopic (exact) mass is 331 g/mol. The Morgan fingerprint density at radius 1 is 1.35 bits per heavy atom. The van der Waals surface area contributed by atoms with Gasteiger partial charge in [0.1, 0.15) is 5.76 Å². The number of hydrogen-bond donors (Lipinski definition) is 0. The maximum Gasteiger partial charge on any atom is 0.192 e. The third-order valence-corrected chi connectivity index (χ3v) is 9.01. The zero-order chi connectivity index (χ0) is 17.5. The van der Waals surface area contributed by atoms with Gasteiger partial charge in [0, 0.05) is 0 Å².